The van der Waals surface area contributed by atoms with Gasteiger partial charge in [-0.05, 0) is 18.4 Å². The lowest BCUT2D eigenvalue weighted by molar-refractivity contribution is -0.143. The quantitative estimate of drug-likeness (QED) is 0.766. The monoisotopic (exact) mass is 250 g/mol. The van der Waals surface area contributed by atoms with Gasteiger partial charge in [0.05, 0.1) is 17.9 Å². The molecule has 0 bridgehead atoms. The molecule has 0 aliphatic carbocycles. The first-order chi connectivity index (χ1) is 8.31. The molecule has 5 heteroatoms. The second kappa shape index (κ2) is 5.63. The summed E-state index contributed by atoms with van der Waals surface area (Å²) in [5, 5.41) is 2.01. The molecule has 0 atom stereocenters. The highest BCUT2D eigenvalue weighted by Crippen LogP contribution is 2.22. The average Bonchev–Trinajstić information content (AvgIpc) is 2.97. The zero-order valence-electron chi connectivity index (χ0n) is 9.63. The Hall–Kier alpha value is -1.62. The van der Waals surface area contributed by atoms with Gasteiger partial charge >= 0.3 is 5.97 Å². The summed E-state index contributed by atoms with van der Waals surface area (Å²) in [6.07, 6.45) is 4.01. The molecule has 0 spiro atoms. The Labute approximate surface area is 104 Å². The van der Waals surface area contributed by atoms with Crippen molar-refractivity contribution >= 4 is 17.3 Å². The van der Waals surface area contributed by atoms with Crippen LogP contribution >= 0.6 is 11.3 Å². The number of carbonyl (C=O) groups excluding carboxylic acids is 1. The van der Waals surface area contributed by atoms with Gasteiger partial charge in [-0.25, -0.2) is 4.98 Å². The van der Waals surface area contributed by atoms with Crippen molar-refractivity contribution in [2.75, 3.05) is 6.61 Å². The van der Waals surface area contributed by atoms with Gasteiger partial charge in [-0.3, -0.25) is 4.79 Å². The molecular formula is C12H14N2O2S. The van der Waals surface area contributed by atoms with E-state index in [9.17, 15) is 4.79 Å². The van der Waals surface area contributed by atoms with E-state index in [0.717, 1.165) is 10.7 Å². The second-order valence-electron chi connectivity index (χ2n) is 3.48. The van der Waals surface area contributed by atoms with E-state index in [1.54, 1.807) is 17.5 Å². The molecule has 2 aromatic heterocycles. The van der Waals surface area contributed by atoms with E-state index < -0.39 is 0 Å². The first-order valence-corrected chi connectivity index (χ1v) is 6.40. The van der Waals surface area contributed by atoms with Crippen LogP contribution in [0.2, 0.25) is 0 Å². The molecule has 0 fully saturated rings. The van der Waals surface area contributed by atoms with Crippen molar-refractivity contribution in [2.24, 2.45) is 0 Å². The van der Waals surface area contributed by atoms with E-state index in [1.165, 1.54) is 0 Å². The fourth-order valence-corrected chi connectivity index (χ4v) is 2.30. The predicted molar refractivity (Wildman–Crippen MR) is 66.8 cm³/mol. The van der Waals surface area contributed by atoms with Crippen molar-refractivity contribution in [3.8, 4) is 10.7 Å². The number of nitrogens with zero attached hydrogens (tertiary/aromatic N) is 2. The maximum Gasteiger partial charge on any atom is 0.307 e. The van der Waals surface area contributed by atoms with Gasteiger partial charge in [-0.2, -0.15) is 0 Å². The Bertz CT molecular complexity index is 476. The second-order valence-corrected chi connectivity index (χ2v) is 4.42. The number of thiophene rings is 1. The molecule has 90 valence electrons. The number of imidazole rings is 1. The first-order valence-electron chi connectivity index (χ1n) is 5.52. The van der Waals surface area contributed by atoms with E-state index >= 15 is 0 Å². The lowest BCUT2D eigenvalue weighted by Gasteiger charge is -2.06. The molecule has 0 unspecified atom stereocenters. The molecule has 0 amide bonds. The van der Waals surface area contributed by atoms with E-state index in [0.29, 0.717) is 19.6 Å². The van der Waals surface area contributed by atoms with Crippen LogP contribution in [0.4, 0.5) is 0 Å². The third-order valence-electron chi connectivity index (χ3n) is 2.32. The van der Waals surface area contributed by atoms with Crippen molar-refractivity contribution < 1.29 is 9.53 Å². The molecule has 4 nitrogen and oxygen atoms in total. The molecule has 0 N–H and O–H groups in total. The van der Waals surface area contributed by atoms with Crippen LogP contribution in [-0.2, 0) is 16.1 Å². The van der Waals surface area contributed by atoms with Gasteiger partial charge in [-0.15, -0.1) is 11.3 Å². The molecule has 0 aromatic carbocycles. The highest BCUT2D eigenvalue weighted by molar-refractivity contribution is 7.13. The summed E-state index contributed by atoms with van der Waals surface area (Å²) in [5.41, 5.74) is 0. The van der Waals surface area contributed by atoms with E-state index in [-0.39, 0.29) is 5.97 Å². The number of rotatable bonds is 5. The Morgan fingerprint density at radius 1 is 1.59 bits per heavy atom. The van der Waals surface area contributed by atoms with Crippen LogP contribution in [-0.4, -0.2) is 22.1 Å². The zero-order chi connectivity index (χ0) is 12.1. The summed E-state index contributed by atoms with van der Waals surface area (Å²) < 4.78 is 6.88. The van der Waals surface area contributed by atoms with Gasteiger partial charge in [0.2, 0.25) is 0 Å². The minimum absolute atomic E-state index is 0.168. The van der Waals surface area contributed by atoms with Gasteiger partial charge in [0.1, 0.15) is 5.82 Å². The molecule has 0 aliphatic heterocycles. The van der Waals surface area contributed by atoms with Gasteiger partial charge in [0.15, 0.2) is 0 Å². The molecule has 0 radical (unpaired) electrons. The molecule has 2 heterocycles. The van der Waals surface area contributed by atoms with Crippen molar-refractivity contribution in [3.63, 3.8) is 0 Å². The van der Waals surface area contributed by atoms with E-state index in [1.807, 2.05) is 35.2 Å². The first kappa shape index (κ1) is 11.9. The molecule has 0 saturated carbocycles. The number of carbonyl (C=O) groups is 1. The van der Waals surface area contributed by atoms with Crippen molar-refractivity contribution in [2.45, 2.75) is 19.9 Å². The minimum Gasteiger partial charge on any atom is -0.466 e. The van der Waals surface area contributed by atoms with Crippen LogP contribution in [0.5, 0.6) is 0 Å². The Morgan fingerprint density at radius 3 is 3.18 bits per heavy atom. The van der Waals surface area contributed by atoms with Gasteiger partial charge < -0.3 is 9.30 Å². The third-order valence-corrected chi connectivity index (χ3v) is 3.19. The maximum atomic E-state index is 11.3. The largest absolute Gasteiger partial charge is 0.466 e. The molecular weight excluding hydrogens is 236 g/mol. The Balaban J connectivity index is 2.03. The fraction of sp³-hybridized carbons (Fsp3) is 0.333. The van der Waals surface area contributed by atoms with Crippen LogP contribution in [0.3, 0.4) is 0 Å². The number of aryl methyl sites for hydroxylation is 1. The van der Waals surface area contributed by atoms with Crippen LogP contribution in [0.15, 0.2) is 29.9 Å². The minimum atomic E-state index is -0.168. The normalized spacial score (nSPS) is 10.4. The summed E-state index contributed by atoms with van der Waals surface area (Å²) in [6, 6.07) is 4.01. The Morgan fingerprint density at radius 2 is 2.47 bits per heavy atom. The highest BCUT2D eigenvalue weighted by atomic mass is 32.1. The third kappa shape index (κ3) is 2.94. The van der Waals surface area contributed by atoms with E-state index in [2.05, 4.69) is 4.98 Å². The van der Waals surface area contributed by atoms with Gasteiger partial charge in [0.25, 0.3) is 0 Å². The summed E-state index contributed by atoms with van der Waals surface area (Å²) in [5.74, 6) is 0.739. The number of ether oxygens (including phenoxy) is 1. The fourth-order valence-electron chi connectivity index (χ4n) is 1.57. The molecule has 17 heavy (non-hydrogen) atoms. The maximum absolute atomic E-state index is 11.3. The van der Waals surface area contributed by atoms with Crippen molar-refractivity contribution in [3.05, 3.63) is 29.9 Å². The van der Waals surface area contributed by atoms with E-state index in [4.69, 9.17) is 4.74 Å². The summed E-state index contributed by atoms with van der Waals surface area (Å²) in [4.78, 5) is 16.7. The number of esters is 1. The molecule has 2 aromatic rings. The SMILES string of the molecule is CCOC(=O)CCn1ccnc1-c1cccs1. The predicted octanol–water partition coefficient (Wildman–Crippen LogP) is 2.56. The van der Waals surface area contributed by atoms with Crippen molar-refractivity contribution in [1.29, 1.82) is 0 Å². The molecule has 2 rings (SSSR count). The number of hydrogen-bond donors (Lipinski definition) is 0. The van der Waals surface area contributed by atoms with Gasteiger partial charge in [0, 0.05) is 18.9 Å². The number of hydrogen-bond acceptors (Lipinski definition) is 4. The zero-order valence-corrected chi connectivity index (χ0v) is 10.4. The van der Waals surface area contributed by atoms with Crippen LogP contribution in [0.1, 0.15) is 13.3 Å². The Kier molecular flexibility index (Phi) is 3.93. The standard InChI is InChI=1S/C12H14N2O2S/c1-2-16-11(15)5-7-14-8-6-13-12(14)10-4-3-9-17-10/h3-4,6,8-9H,2,5,7H2,1H3. The molecule has 0 saturated heterocycles. The average molecular weight is 250 g/mol. The van der Waals surface area contributed by atoms with Crippen LogP contribution < -0.4 is 0 Å². The summed E-state index contributed by atoms with van der Waals surface area (Å²) in [7, 11) is 0. The van der Waals surface area contributed by atoms with Crippen LogP contribution in [0.25, 0.3) is 10.7 Å². The summed E-state index contributed by atoms with van der Waals surface area (Å²) >= 11 is 1.64. The lowest BCUT2D eigenvalue weighted by Crippen LogP contribution is -2.09. The van der Waals surface area contributed by atoms with Crippen LogP contribution in [0, 0.1) is 0 Å². The smallest absolute Gasteiger partial charge is 0.307 e. The summed E-state index contributed by atoms with van der Waals surface area (Å²) in [6.45, 7) is 2.85. The highest BCUT2D eigenvalue weighted by Gasteiger charge is 2.08. The topological polar surface area (TPSA) is 44.1 Å². The van der Waals surface area contributed by atoms with Crippen molar-refractivity contribution in [1.82, 2.24) is 9.55 Å². The number of aromatic nitrogens is 2. The van der Waals surface area contributed by atoms with Gasteiger partial charge in [-0.1, -0.05) is 6.07 Å². The lowest BCUT2D eigenvalue weighted by atomic mass is 10.4. The molecule has 0 aliphatic rings.